The van der Waals surface area contributed by atoms with Gasteiger partial charge in [-0.1, -0.05) is 6.07 Å². The van der Waals surface area contributed by atoms with Gasteiger partial charge in [-0.3, -0.25) is 4.79 Å². The summed E-state index contributed by atoms with van der Waals surface area (Å²) in [4.78, 5) is 34.6. The van der Waals surface area contributed by atoms with Crippen LogP contribution in [-0.4, -0.2) is 60.0 Å². The lowest BCUT2D eigenvalue weighted by Crippen LogP contribution is -2.38. The lowest BCUT2D eigenvalue weighted by molar-refractivity contribution is 0.0722. The predicted molar refractivity (Wildman–Crippen MR) is 128 cm³/mol. The number of imidazole rings is 1. The number of pyridine rings is 1. The number of hydrogen-bond acceptors (Lipinski definition) is 6. The first-order chi connectivity index (χ1) is 16.6. The van der Waals surface area contributed by atoms with Gasteiger partial charge in [0.1, 0.15) is 6.04 Å². The molecule has 0 unspecified atom stereocenters. The maximum atomic E-state index is 13.1. The van der Waals surface area contributed by atoms with Gasteiger partial charge in [0.15, 0.2) is 0 Å². The molecular weight excluding hydrogens is 428 g/mol. The summed E-state index contributed by atoms with van der Waals surface area (Å²) in [5, 5.41) is 4.89. The van der Waals surface area contributed by atoms with Crippen molar-refractivity contribution in [2.45, 2.75) is 45.6 Å². The molecule has 0 saturated carbocycles. The SMILES string of the molecule is Cc1nc(N2CCc3[nH]cnc3[C@H]2c2cc3c(C)cccn3n2)ncc1C(=O)N1CCCCC1. The third kappa shape index (κ3) is 3.43. The summed E-state index contributed by atoms with van der Waals surface area (Å²) in [6, 6.07) is 6.00. The zero-order valence-electron chi connectivity index (χ0n) is 19.5. The highest BCUT2D eigenvalue weighted by Crippen LogP contribution is 2.35. The molecule has 0 aromatic carbocycles. The highest BCUT2D eigenvalue weighted by molar-refractivity contribution is 5.95. The van der Waals surface area contributed by atoms with E-state index in [1.807, 2.05) is 28.6 Å². The van der Waals surface area contributed by atoms with Gasteiger partial charge in [0.05, 0.1) is 34.5 Å². The summed E-state index contributed by atoms with van der Waals surface area (Å²) in [7, 11) is 0. The Bertz CT molecular complexity index is 1370. The van der Waals surface area contributed by atoms with Crippen molar-refractivity contribution in [3.8, 4) is 0 Å². The Morgan fingerprint density at radius 2 is 1.97 bits per heavy atom. The molecule has 174 valence electrons. The van der Waals surface area contributed by atoms with E-state index in [9.17, 15) is 4.79 Å². The largest absolute Gasteiger partial charge is 0.348 e. The number of carbonyl (C=O) groups excluding carboxylic acids is 1. The zero-order chi connectivity index (χ0) is 23.2. The molecule has 0 aliphatic carbocycles. The van der Waals surface area contributed by atoms with Gasteiger partial charge in [0.2, 0.25) is 5.95 Å². The number of nitrogens with one attached hydrogen (secondary N) is 1. The molecule has 2 aliphatic rings. The number of nitrogens with zero attached hydrogens (tertiary/aromatic N) is 7. The quantitative estimate of drug-likeness (QED) is 0.509. The monoisotopic (exact) mass is 456 g/mol. The van der Waals surface area contributed by atoms with Gasteiger partial charge in [0.25, 0.3) is 5.91 Å². The number of aryl methyl sites for hydroxylation is 2. The van der Waals surface area contributed by atoms with Gasteiger partial charge in [-0.05, 0) is 50.8 Å². The Hall–Kier alpha value is -3.75. The molecular formula is C25H28N8O. The number of amides is 1. The first-order valence-electron chi connectivity index (χ1n) is 12.0. The average Bonchev–Trinajstić information content (AvgIpc) is 3.51. The number of aromatic nitrogens is 6. The molecule has 34 heavy (non-hydrogen) atoms. The fourth-order valence-corrected chi connectivity index (χ4v) is 5.17. The van der Waals surface area contributed by atoms with E-state index < -0.39 is 0 Å². The number of likely N-dealkylation sites (tertiary alicyclic amines) is 1. The molecule has 4 aromatic rings. The molecule has 2 aliphatic heterocycles. The van der Waals surface area contributed by atoms with E-state index in [4.69, 9.17) is 10.1 Å². The molecule has 0 radical (unpaired) electrons. The van der Waals surface area contributed by atoms with Gasteiger partial charge in [-0.25, -0.2) is 19.5 Å². The van der Waals surface area contributed by atoms with E-state index in [0.29, 0.717) is 17.2 Å². The van der Waals surface area contributed by atoms with Crippen LogP contribution in [0.1, 0.15) is 64.0 Å². The molecule has 6 heterocycles. The van der Waals surface area contributed by atoms with Crippen LogP contribution in [0.15, 0.2) is 36.9 Å². The first kappa shape index (κ1) is 20.8. The van der Waals surface area contributed by atoms with Crippen molar-refractivity contribution in [3.05, 3.63) is 70.8 Å². The standard InChI is InChI=1S/C25H28N8O/c1-16-7-6-11-33-21(16)13-20(30-33)23-22-19(27-15-28-22)8-12-32(23)25-26-14-18(17(2)29-25)24(34)31-9-4-3-5-10-31/h6-7,11,13-15,23H,3-5,8-10,12H2,1-2H3,(H,27,28)/t23-/m1/s1. The second-order valence-electron chi connectivity index (χ2n) is 9.22. The van der Waals surface area contributed by atoms with Crippen LogP contribution in [0, 0.1) is 13.8 Å². The minimum Gasteiger partial charge on any atom is -0.348 e. The van der Waals surface area contributed by atoms with Crippen LogP contribution in [0.3, 0.4) is 0 Å². The molecule has 1 fully saturated rings. The molecule has 4 aromatic heterocycles. The van der Waals surface area contributed by atoms with Crippen molar-refractivity contribution in [1.29, 1.82) is 0 Å². The van der Waals surface area contributed by atoms with E-state index in [2.05, 4.69) is 38.9 Å². The Balaban J connectivity index is 1.38. The Labute approximate surface area is 197 Å². The molecule has 1 atom stereocenters. The lowest BCUT2D eigenvalue weighted by atomic mass is 10.00. The number of fused-ring (bicyclic) bond motifs is 2. The fourth-order valence-electron chi connectivity index (χ4n) is 5.17. The van der Waals surface area contributed by atoms with Crippen LogP contribution < -0.4 is 4.90 Å². The molecule has 0 bridgehead atoms. The van der Waals surface area contributed by atoms with Crippen molar-refractivity contribution in [2.75, 3.05) is 24.5 Å². The second-order valence-corrected chi connectivity index (χ2v) is 9.22. The zero-order valence-corrected chi connectivity index (χ0v) is 19.5. The third-order valence-electron chi connectivity index (χ3n) is 7.03. The van der Waals surface area contributed by atoms with Crippen molar-refractivity contribution in [1.82, 2.24) is 34.4 Å². The number of anilines is 1. The van der Waals surface area contributed by atoms with Crippen molar-refractivity contribution < 1.29 is 4.79 Å². The van der Waals surface area contributed by atoms with Crippen molar-refractivity contribution in [2.24, 2.45) is 0 Å². The molecule has 1 saturated heterocycles. The summed E-state index contributed by atoms with van der Waals surface area (Å²) < 4.78 is 1.91. The number of hydrogen-bond donors (Lipinski definition) is 1. The fraction of sp³-hybridized carbons (Fsp3) is 0.400. The summed E-state index contributed by atoms with van der Waals surface area (Å²) in [6.07, 6.45) is 9.52. The van der Waals surface area contributed by atoms with Gasteiger partial charge in [-0.2, -0.15) is 5.10 Å². The molecule has 0 spiro atoms. The maximum Gasteiger partial charge on any atom is 0.257 e. The van der Waals surface area contributed by atoms with Crippen LogP contribution >= 0.6 is 0 Å². The highest BCUT2D eigenvalue weighted by Gasteiger charge is 2.35. The van der Waals surface area contributed by atoms with Crippen molar-refractivity contribution in [3.63, 3.8) is 0 Å². The average molecular weight is 457 g/mol. The molecule has 1 N–H and O–H groups in total. The van der Waals surface area contributed by atoms with E-state index in [0.717, 1.165) is 61.5 Å². The number of carbonyl (C=O) groups is 1. The number of H-pyrrole nitrogens is 1. The predicted octanol–water partition coefficient (Wildman–Crippen LogP) is 3.24. The van der Waals surface area contributed by atoms with E-state index >= 15 is 0 Å². The van der Waals surface area contributed by atoms with E-state index in [1.54, 1.807) is 12.5 Å². The number of rotatable bonds is 3. The van der Waals surface area contributed by atoms with Gasteiger partial charge in [-0.15, -0.1) is 0 Å². The minimum atomic E-state index is -0.211. The second kappa shape index (κ2) is 8.23. The van der Waals surface area contributed by atoms with E-state index in [1.165, 1.54) is 12.0 Å². The Morgan fingerprint density at radius 1 is 1.12 bits per heavy atom. The maximum absolute atomic E-state index is 13.1. The lowest BCUT2D eigenvalue weighted by Gasteiger charge is -2.34. The van der Waals surface area contributed by atoms with Crippen molar-refractivity contribution >= 4 is 17.4 Å². The van der Waals surface area contributed by atoms with Crippen LogP contribution in [0.25, 0.3) is 5.52 Å². The topological polar surface area (TPSA) is 95.3 Å². The summed E-state index contributed by atoms with van der Waals surface area (Å²) in [6.45, 7) is 6.33. The van der Waals surface area contributed by atoms with Crippen LogP contribution in [-0.2, 0) is 6.42 Å². The molecule has 9 heteroatoms. The molecule has 1 amide bonds. The number of aromatic amines is 1. The first-order valence-corrected chi connectivity index (χ1v) is 12.0. The minimum absolute atomic E-state index is 0.0318. The van der Waals surface area contributed by atoms with Crippen LogP contribution in [0.5, 0.6) is 0 Å². The molecule has 6 rings (SSSR count). The summed E-state index contributed by atoms with van der Waals surface area (Å²) in [5.74, 6) is 0.629. The highest BCUT2D eigenvalue weighted by atomic mass is 16.2. The molecule has 9 nitrogen and oxygen atoms in total. The van der Waals surface area contributed by atoms with Crippen LogP contribution in [0.2, 0.25) is 0 Å². The summed E-state index contributed by atoms with van der Waals surface area (Å²) in [5.41, 5.74) is 6.49. The Morgan fingerprint density at radius 3 is 2.76 bits per heavy atom. The third-order valence-corrected chi connectivity index (χ3v) is 7.03. The summed E-state index contributed by atoms with van der Waals surface area (Å²) >= 11 is 0. The normalized spacial score (nSPS) is 18.4. The van der Waals surface area contributed by atoms with E-state index in [-0.39, 0.29) is 11.9 Å². The van der Waals surface area contributed by atoms with Gasteiger partial charge < -0.3 is 14.8 Å². The smallest absolute Gasteiger partial charge is 0.257 e. The van der Waals surface area contributed by atoms with Crippen LogP contribution in [0.4, 0.5) is 5.95 Å². The number of piperidine rings is 1. The Kier molecular flexibility index (Phi) is 5.04. The van der Waals surface area contributed by atoms with Gasteiger partial charge >= 0.3 is 0 Å². The van der Waals surface area contributed by atoms with Gasteiger partial charge in [0, 0.05) is 44.1 Å².